The predicted octanol–water partition coefficient (Wildman–Crippen LogP) is 1.49. The quantitative estimate of drug-likeness (QED) is 0.619. The lowest BCUT2D eigenvalue weighted by atomic mass is 10.2. The van der Waals surface area contributed by atoms with Crippen LogP contribution in [0.15, 0.2) is 24.3 Å². The highest BCUT2D eigenvalue weighted by atomic mass is 16.3. The Bertz CT molecular complexity index is 198. The van der Waals surface area contributed by atoms with Crippen LogP contribution in [0.25, 0.3) is 0 Å². The number of aromatic hydroxyl groups is 1. The third-order valence-electron chi connectivity index (χ3n) is 1.21. The fourth-order valence-electron chi connectivity index (χ4n) is 0.683. The van der Waals surface area contributed by atoms with Crippen molar-refractivity contribution >= 4 is 0 Å². The Morgan fingerprint density at radius 3 is 2.30 bits per heavy atom. The average Bonchev–Trinajstić information content (AvgIpc) is 1.89. The van der Waals surface area contributed by atoms with Crippen LogP contribution in [0.5, 0.6) is 5.75 Å². The standard InChI is InChI=1S/C7H9NO.CH4/c8-5-6-3-1-2-4-7(6)9;/h1-4,9H,5,8H2;1H4. The van der Waals surface area contributed by atoms with Gasteiger partial charge in [0.1, 0.15) is 5.75 Å². The minimum atomic E-state index is 0. The van der Waals surface area contributed by atoms with E-state index in [1.807, 2.05) is 6.07 Å². The molecular formula is C8H13NO. The van der Waals surface area contributed by atoms with Crippen LogP contribution in [0.4, 0.5) is 0 Å². The van der Waals surface area contributed by atoms with Gasteiger partial charge in [-0.25, -0.2) is 0 Å². The lowest BCUT2D eigenvalue weighted by Crippen LogP contribution is -1.95. The summed E-state index contributed by atoms with van der Waals surface area (Å²) in [6, 6.07) is 7.05. The highest BCUT2D eigenvalue weighted by Crippen LogP contribution is 2.13. The molecule has 0 unspecified atom stereocenters. The number of rotatable bonds is 1. The van der Waals surface area contributed by atoms with E-state index in [0.717, 1.165) is 5.56 Å². The molecule has 0 fully saturated rings. The van der Waals surface area contributed by atoms with Crippen molar-refractivity contribution in [3.8, 4) is 5.75 Å². The molecule has 0 spiro atoms. The van der Waals surface area contributed by atoms with Crippen LogP contribution >= 0.6 is 0 Å². The van der Waals surface area contributed by atoms with Gasteiger partial charge < -0.3 is 10.8 Å². The van der Waals surface area contributed by atoms with Crippen LogP contribution in [-0.2, 0) is 6.54 Å². The topological polar surface area (TPSA) is 46.2 Å². The molecule has 0 bridgehead atoms. The molecule has 0 saturated carbocycles. The van der Waals surface area contributed by atoms with Crippen molar-refractivity contribution in [3.05, 3.63) is 29.8 Å². The van der Waals surface area contributed by atoms with Crippen LogP contribution in [0.3, 0.4) is 0 Å². The zero-order chi connectivity index (χ0) is 6.69. The second-order valence-electron chi connectivity index (χ2n) is 1.83. The number of hydrogen-bond acceptors (Lipinski definition) is 2. The predicted molar refractivity (Wildman–Crippen MR) is 42.7 cm³/mol. The van der Waals surface area contributed by atoms with Crippen molar-refractivity contribution in [3.63, 3.8) is 0 Å². The van der Waals surface area contributed by atoms with E-state index in [0.29, 0.717) is 6.54 Å². The van der Waals surface area contributed by atoms with Crippen LogP contribution in [0.1, 0.15) is 13.0 Å². The van der Waals surface area contributed by atoms with E-state index in [1.165, 1.54) is 0 Å². The van der Waals surface area contributed by atoms with Gasteiger partial charge in [0.2, 0.25) is 0 Å². The SMILES string of the molecule is C.NCc1ccccc1O. The van der Waals surface area contributed by atoms with Gasteiger partial charge in [0.15, 0.2) is 0 Å². The summed E-state index contributed by atoms with van der Waals surface area (Å²) in [7, 11) is 0. The van der Waals surface area contributed by atoms with Gasteiger partial charge in [-0.2, -0.15) is 0 Å². The van der Waals surface area contributed by atoms with E-state index in [-0.39, 0.29) is 13.2 Å². The van der Waals surface area contributed by atoms with Crippen molar-refractivity contribution < 1.29 is 5.11 Å². The Morgan fingerprint density at radius 1 is 1.30 bits per heavy atom. The first-order valence-corrected chi connectivity index (χ1v) is 2.81. The van der Waals surface area contributed by atoms with Gasteiger partial charge in [0, 0.05) is 12.1 Å². The van der Waals surface area contributed by atoms with Gasteiger partial charge in [-0.15, -0.1) is 0 Å². The lowest BCUT2D eigenvalue weighted by Gasteiger charge is -1.97. The number of para-hydroxylation sites is 1. The molecule has 2 heteroatoms. The average molecular weight is 139 g/mol. The third-order valence-corrected chi connectivity index (χ3v) is 1.21. The van der Waals surface area contributed by atoms with Crippen molar-refractivity contribution in [2.24, 2.45) is 5.73 Å². The summed E-state index contributed by atoms with van der Waals surface area (Å²) < 4.78 is 0. The molecule has 0 aromatic heterocycles. The van der Waals surface area contributed by atoms with Crippen molar-refractivity contribution in [1.82, 2.24) is 0 Å². The normalized spacial score (nSPS) is 8.50. The van der Waals surface area contributed by atoms with Crippen molar-refractivity contribution in [2.75, 3.05) is 0 Å². The maximum atomic E-state index is 9.03. The van der Waals surface area contributed by atoms with E-state index >= 15 is 0 Å². The molecule has 10 heavy (non-hydrogen) atoms. The minimum Gasteiger partial charge on any atom is -0.508 e. The Balaban J connectivity index is 0.000000810. The molecule has 3 N–H and O–H groups in total. The smallest absolute Gasteiger partial charge is 0.120 e. The first kappa shape index (κ1) is 8.98. The second-order valence-corrected chi connectivity index (χ2v) is 1.83. The summed E-state index contributed by atoms with van der Waals surface area (Å²) in [5, 5.41) is 9.03. The van der Waals surface area contributed by atoms with Gasteiger partial charge in [0.05, 0.1) is 0 Å². The van der Waals surface area contributed by atoms with E-state index in [1.54, 1.807) is 18.2 Å². The maximum absolute atomic E-state index is 9.03. The second kappa shape index (κ2) is 3.90. The molecule has 1 aromatic carbocycles. The molecule has 1 rings (SSSR count). The molecule has 0 amide bonds. The Morgan fingerprint density at radius 2 is 1.90 bits per heavy atom. The highest BCUT2D eigenvalue weighted by molar-refractivity contribution is 5.31. The third kappa shape index (κ3) is 1.74. The van der Waals surface area contributed by atoms with Gasteiger partial charge >= 0.3 is 0 Å². The number of hydrogen-bond donors (Lipinski definition) is 2. The molecule has 56 valence electrons. The number of benzene rings is 1. The Kier molecular flexibility index (Phi) is 3.51. The maximum Gasteiger partial charge on any atom is 0.120 e. The van der Waals surface area contributed by atoms with E-state index in [4.69, 9.17) is 10.8 Å². The fraction of sp³-hybridized carbons (Fsp3) is 0.250. The van der Waals surface area contributed by atoms with Crippen molar-refractivity contribution in [2.45, 2.75) is 14.0 Å². The van der Waals surface area contributed by atoms with E-state index < -0.39 is 0 Å². The summed E-state index contributed by atoms with van der Waals surface area (Å²) in [6.45, 7) is 0.396. The monoisotopic (exact) mass is 139 g/mol. The van der Waals surface area contributed by atoms with Crippen LogP contribution in [0.2, 0.25) is 0 Å². The highest BCUT2D eigenvalue weighted by Gasteiger charge is 1.92. The zero-order valence-electron chi connectivity index (χ0n) is 5.04. The van der Waals surface area contributed by atoms with Crippen LogP contribution < -0.4 is 5.73 Å². The molecule has 0 aliphatic heterocycles. The molecule has 0 aliphatic rings. The van der Waals surface area contributed by atoms with E-state index in [2.05, 4.69) is 0 Å². The summed E-state index contributed by atoms with van der Waals surface area (Å²) in [5.41, 5.74) is 6.08. The number of phenolic OH excluding ortho intramolecular Hbond substituents is 1. The lowest BCUT2D eigenvalue weighted by molar-refractivity contribution is 0.468. The first-order chi connectivity index (χ1) is 4.34. The van der Waals surface area contributed by atoms with Gasteiger partial charge in [0.25, 0.3) is 0 Å². The molecule has 0 saturated heterocycles. The van der Waals surface area contributed by atoms with Gasteiger partial charge in [-0.05, 0) is 6.07 Å². The molecule has 0 atom stereocenters. The Hall–Kier alpha value is -1.02. The molecule has 2 nitrogen and oxygen atoms in total. The molecule has 0 radical (unpaired) electrons. The minimum absolute atomic E-state index is 0. The molecule has 0 heterocycles. The molecule has 1 aromatic rings. The van der Waals surface area contributed by atoms with Crippen LogP contribution in [0, 0.1) is 0 Å². The summed E-state index contributed by atoms with van der Waals surface area (Å²) in [4.78, 5) is 0. The van der Waals surface area contributed by atoms with Crippen molar-refractivity contribution in [1.29, 1.82) is 0 Å². The summed E-state index contributed by atoms with van der Waals surface area (Å²) in [6.07, 6.45) is 0. The summed E-state index contributed by atoms with van der Waals surface area (Å²) >= 11 is 0. The zero-order valence-corrected chi connectivity index (χ0v) is 5.04. The van der Waals surface area contributed by atoms with Gasteiger partial charge in [-0.3, -0.25) is 0 Å². The van der Waals surface area contributed by atoms with Gasteiger partial charge in [-0.1, -0.05) is 25.6 Å². The van der Waals surface area contributed by atoms with Crippen LogP contribution in [-0.4, -0.2) is 5.11 Å². The number of nitrogens with two attached hydrogens (primary N) is 1. The fourth-order valence-corrected chi connectivity index (χ4v) is 0.683. The van der Waals surface area contributed by atoms with E-state index in [9.17, 15) is 0 Å². The largest absolute Gasteiger partial charge is 0.508 e. The number of phenols is 1. The Labute approximate surface area is 61.3 Å². The summed E-state index contributed by atoms with van der Waals surface area (Å²) in [5.74, 6) is 0.278. The molecule has 0 aliphatic carbocycles. The first-order valence-electron chi connectivity index (χ1n) is 2.81. The molecular weight excluding hydrogens is 126 g/mol.